The highest BCUT2D eigenvalue weighted by molar-refractivity contribution is 6.20. The van der Waals surface area contributed by atoms with Gasteiger partial charge in [-0.15, -0.1) is 0 Å². The number of hydrogen-bond donors (Lipinski definition) is 0. The highest BCUT2D eigenvalue weighted by atomic mass is 16.7. The molecule has 8 heteroatoms. The molecule has 0 atom stereocenters. The predicted molar refractivity (Wildman–Crippen MR) is 79.7 cm³/mol. The number of aromatic nitrogens is 2. The van der Waals surface area contributed by atoms with E-state index in [1.807, 2.05) is 13.8 Å². The highest BCUT2D eigenvalue weighted by Gasteiger charge is 2.38. The summed E-state index contributed by atoms with van der Waals surface area (Å²) in [7, 11) is 0. The van der Waals surface area contributed by atoms with Gasteiger partial charge < -0.3 is 9.36 Å². The molecule has 0 spiro atoms. The molecule has 0 N–H and O–H groups in total. The van der Waals surface area contributed by atoms with Crippen LogP contribution in [0.2, 0.25) is 0 Å². The number of carbonyl (C=O) groups excluding carboxylic acids is 3. The maximum atomic E-state index is 12.1. The van der Waals surface area contributed by atoms with Gasteiger partial charge in [0.1, 0.15) is 0 Å². The number of rotatable bonds is 5. The van der Waals surface area contributed by atoms with E-state index in [1.54, 1.807) is 12.1 Å². The fourth-order valence-electron chi connectivity index (χ4n) is 2.21. The van der Waals surface area contributed by atoms with Gasteiger partial charge in [0.05, 0.1) is 17.5 Å². The van der Waals surface area contributed by atoms with Crippen LogP contribution >= 0.6 is 0 Å². The summed E-state index contributed by atoms with van der Waals surface area (Å²) in [6.07, 6.45) is 0.0782. The highest BCUT2D eigenvalue weighted by Crippen LogP contribution is 2.23. The maximum absolute atomic E-state index is 12.1. The molecule has 0 fully saturated rings. The van der Waals surface area contributed by atoms with E-state index < -0.39 is 17.8 Å². The van der Waals surface area contributed by atoms with E-state index in [0.717, 1.165) is 0 Å². The summed E-state index contributed by atoms with van der Waals surface area (Å²) in [5.41, 5.74) is 0.433. The maximum Gasteiger partial charge on any atom is 0.333 e. The van der Waals surface area contributed by atoms with Crippen molar-refractivity contribution < 1.29 is 23.7 Å². The third-order valence-corrected chi connectivity index (χ3v) is 3.49. The summed E-state index contributed by atoms with van der Waals surface area (Å²) in [5, 5.41) is 4.28. The van der Waals surface area contributed by atoms with Crippen molar-refractivity contribution in [3.05, 3.63) is 47.1 Å². The van der Waals surface area contributed by atoms with E-state index >= 15 is 0 Å². The molecular weight excluding hydrogens is 314 g/mol. The Morgan fingerprint density at radius 3 is 2.38 bits per heavy atom. The molecule has 1 aromatic carbocycles. The number of nitrogens with zero attached hydrogens (tertiary/aromatic N) is 3. The van der Waals surface area contributed by atoms with Crippen molar-refractivity contribution in [3.8, 4) is 0 Å². The summed E-state index contributed by atoms with van der Waals surface area (Å²) >= 11 is 0. The minimum atomic E-state index is -0.728. The van der Waals surface area contributed by atoms with Crippen molar-refractivity contribution in [3.63, 3.8) is 0 Å². The van der Waals surface area contributed by atoms with Gasteiger partial charge in [-0.05, 0) is 12.1 Å². The van der Waals surface area contributed by atoms with E-state index in [1.165, 1.54) is 12.1 Å². The van der Waals surface area contributed by atoms with Gasteiger partial charge in [0.15, 0.2) is 5.82 Å². The standard InChI is InChI=1S/C16H15N3O5/c1-9(2)14-17-12(23-18-14)7-8-13(20)24-19-15(21)10-5-3-4-6-11(10)16(19)22/h3-6,9H,7-8H2,1-2H3. The smallest absolute Gasteiger partial charge is 0.333 e. The molecule has 8 nitrogen and oxygen atoms in total. The Balaban J connectivity index is 1.59. The molecule has 24 heavy (non-hydrogen) atoms. The van der Waals surface area contributed by atoms with Crippen molar-refractivity contribution >= 4 is 17.8 Å². The summed E-state index contributed by atoms with van der Waals surface area (Å²) < 4.78 is 5.02. The molecule has 0 saturated carbocycles. The first kappa shape index (κ1) is 15.9. The fourth-order valence-corrected chi connectivity index (χ4v) is 2.21. The van der Waals surface area contributed by atoms with Crippen LogP contribution in [0.15, 0.2) is 28.8 Å². The molecule has 3 rings (SSSR count). The number of hydroxylamine groups is 2. The van der Waals surface area contributed by atoms with Gasteiger partial charge in [0, 0.05) is 12.3 Å². The summed E-state index contributed by atoms with van der Waals surface area (Å²) in [6, 6.07) is 6.29. The van der Waals surface area contributed by atoms with E-state index in [2.05, 4.69) is 10.1 Å². The normalized spacial score (nSPS) is 13.5. The summed E-state index contributed by atoms with van der Waals surface area (Å²) in [5.74, 6) is -1.05. The molecule has 2 heterocycles. The Hall–Kier alpha value is -3.03. The van der Waals surface area contributed by atoms with E-state index in [-0.39, 0.29) is 29.9 Å². The second kappa shape index (κ2) is 6.23. The first-order valence-corrected chi connectivity index (χ1v) is 7.48. The van der Waals surface area contributed by atoms with E-state index in [0.29, 0.717) is 16.8 Å². The number of carbonyl (C=O) groups is 3. The largest absolute Gasteiger partial charge is 0.339 e. The number of benzene rings is 1. The molecule has 124 valence electrons. The van der Waals surface area contributed by atoms with Crippen molar-refractivity contribution in [2.45, 2.75) is 32.6 Å². The lowest BCUT2D eigenvalue weighted by Crippen LogP contribution is -2.32. The molecule has 0 radical (unpaired) electrons. The fraction of sp³-hybridized carbons (Fsp3) is 0.312. The van der Waals surface area contributed by atoms with Gasteiger partial charge in [0.2, 0.25) is 5.89 Å². The lowest BCUT2D eigenvalue weighted by Gasteiger charge is -2.12. The minimum Gasteiger partial charge on any atom is -0.339 e. The summed E-state index contributed by atoms with van der Waals surface area (Å²) in [4.78, 5) is 45.1. The van der Waals surface area contributed by atoms with Crippen LogP contribution in [0.1, 0.15) is 58.6 Å². The molecule has 1 aliphatic rings. The van der Waals surface area contributed by atoms with E-state index in [4.69, 9.17) is 9.36 Å². The van der Waals surface area contributed by atoms with Crippen LogP contribution in [-0.2, 0) is 16.1 Å². The van der Waals surface area contributed by atoms with Gasteiger partial charge in [-0.2, -0.15) is 4.98 Å². The number of fused-ring (bicyclic) bond motifs is 1. The van der Waals surface area contributed by atoms with Gasteiger partial charge >= 0.3 is 5.97 Å². The molecule has 0 bridgehead atoms. The van der Waals surface area contributed by atoms with E-state index in [9.17, 15) is 14.4 Å². The van der Waals surface area contributed by atoms with Gasteiger partial charge in [-0.3, -0.25) is 9.59 Å². The van der Waals surface area contributed by atoms with Crippen LogP contribution in [0.5, 0.6) is 0 Å². The Kier molecular flexibility index (Phi) is 4.11. The van der Waals surface area contributed by atoms with Crippen LogP contribution < -0.4 is 0 Å². The SMILES string of the molecule is CC(C)c1noc(CCC(=O)ON2C(=O)c3ccccc3C2=O)n1. The average Bonchev–Trinajstić information content (AvgIpc) is 3.13. The molecule has 2 amide bonds. The molecule has 0 aliphatic carbocycles. The zero-order chi connectivity index (χ0) is 17.3. The van der Waals surface area contributed by atoms with Crippen molar-refractivity contribution in [1.29, 1.82) is 0 Å². The zero-order valence-corrected chi connectivity index (χ0v) is 13.2. The monoisotopic (exact) mass is 329 g/mol. The van der Waals surface area contributed by atoms with Crippen LogP contribution in [0.3, 0.4) is 0 Å². The van der Waals surface area contributed by atoms with Crippen molar-refractivity contribution in [2.75, 3.05) is 0 Å². The quantitative estimate of drug-likeness (QED) is 0.772. The Bertz CT molecular complexity index is 777. The zero-order valence-electron chi connectivity index (χ0n) is 13.2. The summed E-state index contributed by atoms with van der Waals surface area (Å²) in [6.45, 7) is 3.84. The number of amides is 2. The molecule has 2 aromatic rings. The first-order chi connectivity index (χ1) is 11.5. The molecule has 0 saturated heterocycles. The van der Waals surface area contributed by atoms with Crippen LogP contribution in [-0.4, -0.2) is 33.0 Å². The van der Waals surface area contributed by atoms with Gasteiger partial charge in [0.25, 0.3) is 11.8 Å². The Labute approximate surface area is 137 Å². The van der Waals surface area contributed by atoms with Crippen LogP contribution in [0.25, 0.3) is 0 Å². The van der Waals surface area contributed by atoms with Gasteiger partial charge in [-0.25, -0.2) is 4.79 Å². The second-order valence-corrected chi connectivity index (χ2v) is 5.61. The Morgan fingerprint density at radius 2 is 1.83 bits per heavy atom. The first-order valence-electron chi connectivity index (χ1n) is 7.48. The average molecular weight is 329 g/mol. The third-order valence-electron chi connectivity index (χ3n) is 3.49. The minimum absolute atomic E-state index is 0.0901. The molecular formula is C16H15N3O5. The third kappa shape index (κ3) is 2.90. The van der Waals surface area contributed by atoms with Crippen molar-refractivity contribution in [2.24, 2.45) is 0 Å². The topological polar surface area (TPSA) is 103 Å². The lowest BCUT2D eigenvalue weighted by molar-refractivity contribution is -0.168. The van der Waals surface area contributed by atoms with Crippen LogP contribution in [0.4, 0.5) is 0 Å². The molecule has 1 aliphatic heterocycles. The lowest BCUT2D eigenvalue weighted by atomic mass is 10.1. The Morgan fingerprint density at radius 1 is 1.21 bits per heavy atom. The van der Waals surface area contributed by atoms with Crippen molar-refractivity contribution in [1.82, 2.24) is 15.2 Å². The number of imide groups is 1. The predicted octanol–water partition coefficient (Wildman–Crippen LogP) is 1.88. The van der Waals surface area contributed by atoms with Gasteiger partial charge in [-0.1, -0.05) is 36.2 Å². The molecule has 0 unspecified atom stereocenters. The molecule has 1 aromatic heterocycles. The van der Waals surface area contributed by atoms with Crippen LogP contribution in [0, 0.1) is 0 Å². The number of hydrogen-bond acceptors (Lipinski definition) is 7. The second-order valence-electron chi connectivity index (χ2n) is 5.61. The number of aryl methyl sites for hydroxylation is 1.